The zero-order valence-corrected chi connectivity index (χ0v) is 31.0. The molecule has 10 heteroatoms. The fraction of sp³-hybridized carbons (Fsp3) is 0.297. The summed E-state index contributed by atoms with van der Waals surface area (Å²) in [6.45, 7) is 15.7. The third-order valence-corrected chi connectivity index (χ3v) is 11.5. The number of rotatable bonds is 4. The second-order valence-electron chi connectivity index (χ2n) is 13.8. The van der Waals surface area contributed by atoms with Gasteiger partial charge in [-0.2, -0.15) is 26.3 Å². The van der Waals surface area contributed by atoms with E-state index in [-0.39, 0.29) is 20.9 Å². The Morgan fingerprint density at radius 1 is 0.532 bits per heavy atom. The molecule has 1 aliphatic rings. The molecular formula is C37H34F6S2Si2. The van der Waals surface area contributed by atoms with E-state index >= 15 is 26.3 Å². The molecule has 244 valence electrons. The molecule has 2 heterocycles. The summed E-state index contributed by atoms with van der Waals surface area (Å²) in [4.78, 5) is 1.49. The van der Waals surface area contributed by atoms with Crippen LogP contribution in [0.3, 0.4) is 0 Å². The molecule has 4 aromatic rings. The van der Waals surface area contributed by atoms with Crippen LogP contribution < -0.4 is 0 Å². The van der Waals surface area contributed by atoms with Gasteiger partial charge in [-0.1, -0.05) is 75.4 Å². The van der Waals surface area contributed by atoms with E-state index in [1.54, 1.807) is 48.5 Å². The van der Waals surface area contributed by atoms with Crippen LogP contribution >= 0.6 is 22.7 Å². The van der Waals surface area contributed by atoms with Crippen molar-refractivity contribution in [2.45, 2.75) is 70.9 Å². The molecule has 0 fully saturated rings. The van der Waals surface area contributed by atoms with E-state index in [1.807, 2.05) is 0 Å². The van der Waals surface area contributed by atoms with E-state index in [4.69, 9.17) is 0 Å². The van der Waals surface area contributed by atoms with Gasteiger partial charge in [-0.05, 0) is 72.5 Å². The van der Waals surface area contributed by atoms with Crippen molar-refractivity contribution in [2.24, 2.45) is 0 Å². The average molecular weight is 713 g/mol. The SMILES string of the molecule is Cc1sc(-c2ccc(C#C[Si](C)(C)C)cc2)cc1C1=C(c2cc(-c3ccc(C#C[Si](C)(C)C)cc3)sc2C)C(F)(F)C(F)(F)C1(F)F. The van der Waals surface area contributed by atoms with Crippen LogP contribution in [0.25, 0.3) is 32.0 Å². The van der Waals surface area contributed by atoms with Gasteiger partial charge in [0.05, 0.1) is 0 Å². The molecule has 0 spiro atoms. The summed E-state index contributed by atoms with van der Waals surface area (Å²) in [7, 11) is -3.21. The number of hydrogen-bond acceptors (Lipinski definition) is 2. The Bertz CT molecular complexity index is 1850. The molecule has 0 radical (unpaired) electrons. The molecule has 0 amide bonds. The van der Waals surface area contributed by atoms with Gasteiger partial charge < -0.3 is 0 Å². The van der Waals surface area contributed by atoms with Crippen molar-refractivity contribution in [3.05, 3.63) is 92.7 Å². The molecule has 0 bridgehead atoms. The molecule has 0 unspecified atom stereocenters. The van der Waals surface area contributed by atoms with Crippen molar-refractivity contribution in [3.8, 4) is 43.8 Å². The van der Waals surface area contributed by atoms with Crippen molar-refractivity contribution in [3.63, 3.8) is 0 Å². The normalized spacial score (nSPS) is 16.8. The number of allylic oxidation sites excluding steroid dienone is 2. The van der Waals surface area contributed by atoms with Gasteiger partial charge in [0.15, 0.2) is 0 Å². The molecule has 2 aromatic heterocycles. The topological polar surface area (TPSA) is 0 Å². The van der Waals surface area contributed by atoms with Gasteiger partial charge in [-0.3, -0.25) is 0 Å². The first-order valence-electron chi connectivity index (χ1n) is 15.0. The summed E-state index contributed by atoms with van der Waals surface area (Å²) in [6.07, 6.45) is 0. The lowest BCUT2D eigenvalue weighted by Gasteiger charge is -2.25. The lowest BCUT2D eigenvalue weighted by molar-refractivity contribution is -0.254. The van der Waals surface area contributed by atoms with Crippen molar-refractivity contribution >= 4 is 50.0 Å². The lowest BCUT2D eigenvalue weighted by atomic mass is 9.94. The van der Waals surface area contributed by atoms with Crippen LogP contribution in [-0.2, 0) is 0 Å². The van der Waals surface area contributed by atoms with Crippen molar-refractivity contribution in [2.75, 3.05) is 0 Å². The third-order valence-electron chi connectivity index (χ3n) is 7.54. The molecule has 2 aromatic carbocycles. The average Bonchev–Trinajstić information content (AvgIpc) is 3.57. The van der Waals surface area contributed by atoms with E-state index < -0.39 is 45.1 Å². The third kappa shape index (κ3) is 6.71. The zero-order chi connectivity index (χ0) is 34.7. The monoisotopic (exact) mass is 712 g/mol. The number of hydrogen-bond donors (Lipinski definition) is 0. The standard InChI is InChI=1S/C37H34F6S2Si2/c1-23-29(21-31(44-23)27-13-9-25(10-14-27)17-19-46(3,4)5)33-34(36(40,41)37(42,43)35(33,38)39)30-22-32(45-24(30)2)28-15-11-26(12-16-28)18-20-47(6,7)8/h9-16,21-22H,1-8H3. The highest BCUT2D eigenvalue weighted by Crippen LogP contribution is 2.66. The smallest absolute Gasteiger partial charge is 0.194 e. The molecule has 0 saturated heterocycles. The maximum absolute atomic E-state index is 15.7. The van der Waals surface area contributed by atoms with E-state index in [0.29, 0.717) is 20.9 Å². The Kier molecular flexibility index (Phi) is 8.94. The van der Waals surface area contributed by atoms with Gasteiger partial charge in [-0.25, -0.2) is 0 Å². The minimum absolute atomic E-state index is 0.242. The number of halogens is 6. The van der Waals surface area contributed by atoms with E-state index in [0.717, 1.165) is 33.8 Å². The fourth-order valence-electron chi connectivity index (χ4n) is 5.13. The van der Waals surface area contributed by atoms with Gasteiger partial charge >= 0.3 is 17.8 Å². The van der Waals surface area contributed by atoms with Crippen molar-refractivity contribution in [1.82, 2.24) is 0 Å². The summed E-state index contributed by atoms with van der Waals surface area (Å²) >= 11 is 2.19. The van der Waals surface area contributed by atoms with Gasteiger partial charge in [0.25, 0.3) is 0 Å². The minimum Gasteiger partial charge on any atom is -0.194 e. The molecule has 0 nitrogen and oxygen atoms in total. The number of aryl methyl sites for hydroxylation is 2. The van der Waals surface area contributed by atoms with Gasteiger partial charge in [-0.15, -0.1) is 33.8 Å². The van der Waals surface area contributed by atoms with Crippen LogP contribution in [0, 0.1) is 36.8 Å². The van der Waals surface area contributed by atoms with Crippen molar-refractivity contribution in [1.29, 1.82) is 0 Å². The highest BCUT2D eigenvalue weighted by molar-refractivity contribution is 7.16. The fourth-order valence-corrected chi connectivity index (χ4v) is 8.23. The van der Waals surface area contributed by atoms with Gasteiger partial charge in [0.1, 0.15) is 16.1 Å². The second-order valence-corrected chi connectivity index (χ2v) is 25.8. The number of thiophene rings is 2. The molecule has 1 aliphatic carbocycles. The molecule has 47 heavy (non-hydrogen) atoms. The Morgan fingerprint density at radius 2 is 0.851 bits per heavy atom. The van der Waals surface area contributed by atoms with E-state index in [2.05, 4.69) is 62.2 Å². The van der Waals surface area contributed by atoms with Crippen LogP contribution in [0.15, 0.2) is 60.7 Å². The first kappa shape index (κ1) is 35.0. The highest BCUT2D eigenvalue weighted by atomic mass is 32.1. The summed E-state index contributed by atoms with van der Waals surface area (Å²) < 4.78 is 93.0. The Morgan fingerprint density at radius 3 is 1.15 bits per heavy atom. The second kappa shape index (κ2) is 12.0. The molecular weight excluding hydrogens is 679 g/mol. The predicted octanol–water partition coefficient (Wildman–Crippen LogP) is 12.0. The zero-order valence-electron chi connectivity index (χ0n) is 27.4. The summed E-state index contributed by atoms with van der Waals surface area (Å²) in [5.41, 5.74) is 6.17. The largest absolute Gasteiger partial charge is 0.380 e. The lowest BCUT2D eigenvalue weighted by Crippen LogP contribution is -2.48. The quantitative estimate of drug-likeness (QED) is 0.112. The first-order chi connectivity index (χ1) is 21.6. The van der Waals surface area contributed by atoms with E-state index in [1.165, 1.54) is 26.0 Å². The maximum atomic E-state index is 15.7. The summed E-state index contributed by atoms with van der Waals surface area (Å²) in [5.74, 6) is -9.56. The first-order valence-corrected chi connectivity index (χ1v) is 23.6. The summed E-state index contributed by atoms with van der Waals surface area (Å²) in [5, 5.41) is 0. The molecule has 0 aliphatic heterocycles. The number of alkyl halides is 6. The highest BCUT2D eigenvalue weighted by Gasteiger charge is 2.80. The molecule has 0 N–H and O–H groups in total. The van der Waals surface area contributed by atoms with Crippen LogP contribution in [0.5, 0.6) is 0 Å². The van der Waals surface area contributed by atoms with E-state index in [9.17, 15) is 0 Å². The Labute approximate surface area is 282 Å². The van der Waals surface area contributed by atoms with Crippen LogP contribution in [0.2, 0.25) is 39.3 Å². The molecule has 0 saturated carbocycles. The van der Waals surface area contributed by atoms with Crippen LogP contribution in [0.1, 0.15) is 32.0 Å². The van der Waals surface area contributed by atoms with Crippen LogP contribution in [-0.4, -0.2) is 33.9 Å². The molecule has 5 rings (SSSR count). The summed E-state index contributed by atoms with van der Waals surface area (Å²) in [6, 6.07) is 16.9. The molecule has 0 atom stereocenters. The maximum Gasteiger partial charge on any atom is 0.380 e. The number of benzene rings is 2. The van der Waals surface area contributed by atoms with Gasteiger partial charge in [0.2, 0.25) is 0 Å². The van der Waals surface area contributed by atoms with Gasteiger partial charge in [0, 0.05) is 41.8 Å². The van der Waals surface area contributed by atoms with Crippen molar-refractivity contribution < 1.29 is 26.3 Å². The Hall–Kier alpha value is -3.29. The predicted molar refractivity (Wildman–Crippen MR) is 191 cm³/mol. The minimum atomic E-state index is -5.62. The van der Waals surface area contributed by atoms with Crippen LogP contribution in [0.4, 0.5) is 26.3 Å². The Balaban J connectivity index is 1.61.